The van der Waals surface area contributed by atoms with Gasteiger partial charge in [0.2, 0.25) is 0 Å². The van der Waals surface area contributed by atoms with Crippen molar-refractivity contribution in [3.63, 3.8) is 0 Å². The first-order valence-electron chi connectivity index (χ1n) is 6.65. The Labute approximate surface area is 122 Å². The first kappa shape index (κ1) is 14.8. The van der Waals surface area contributed by atoms with Crippen LogP contribution in [0.3, 0.4) is 0 Å². The zero-order valence-electron chi connectivity index (χ0n) is 11.9. The van der Waals surface area contributed by atoms with Gasteiger partial charge in [0, 0.05) is 5.56 Å². The van der Waals surface area contributed by atoms with E-state index < -0.39 is 11.9 Å². The summed E-state index contributed by atoms with van der Waals surface area (Å²) in [6.45, 7) is 3.61. The van der Waals surface area contributed by atoms with Gasteiger partial charge >= 0.3 is 11.9 Å². The van der Waals surface area contributed by atoms with Crippen LogP contribution >= 0.6 is 0 Å². The Bertz CT molecular complexity index is 702. The fourth-order valence-corrected chi connectivity index (χ4v) is 2.62. The highest BCUT2D eigenvalue weighted by molar-refractivity contribution is 6.06. The average Bonchev–Trinajstić information content (AvgIpc) is 2.46. The van der Waals surface area contributed by atoms with Gasteiger partial charge in [0.1, 0.15) is 0 Å². The molecule has 0 unspecified atom stereocenters. The molecule has 21 heavy (non-hydrogen) atoms. The predicted octanol–water partition coefficient (Wildman–Crippen LogP) is 3.62. The molecule has 0 amide bonds. The van der Waals surface area contributed by atoms with Crippen LogP contribution in [-0.2, 0) is 6.42 Å². The molecule has 0 radical (unpaired) electrons. The molecule has 4 nitrogen and oxygen atoms in total. The monoisotopic (exact) mass is 284 g/mol. The van der Waals surface area contributed by atoms with E-state index in [4.69, 9.17) is 0 Å². The Hall–Kier alpha value is -2.62. The molecule has 0 aliphatic heterocycles. The molecule has 0 spiro atoms. The lowest BCUT2D eigenvalue weighted by atomic mass is 9.87. The summed E-state index contributed by atoms with van der Waals surface area (Å²) in [5, 5.41) is 19.0. The minimum absolute atomic E-state index is 0.0216. The van der Waals surface area contributed by atoms with Crippen LogP contribution < -0.4 is 0 Å². The van der Waals surface area contributed by atoms with Gasteiger partial charge in [-0.05, 0) is 36.1 Å². The number of hydrogen-bond donors (Lipinski definition) is 2. The van der Waals surface area contributed by atoms with E-state index in [-0.39, 0.29) is 16.7 Å². The topological polar surface area (TPSA) is 74.6 Å². The maximum Gasteiger partial charge on any atom is 0.336 e. The molecule has 2 rings (SSSR count). The number of aryl methyl sites for hydroxylation is 1. The molecule has 0 aliphatic carbocycles. The first-order chi connectivity index (χ1) is 9.97. The van der Waals surface area contributed by atoms with Crippen molar-refractivity contribution in [2.45, 2.75) is 20.3 Å². The third kappa shape index (κ3) is 2.65. The van der Waals surface area contributed by atoms with Crippen LogP contribution in [0.2, 0.25) is 0 Å². The van der Waals surface area contributed by atoms with Gasteiger partial charge in [0.15, 0.2) is 0 Å². The van der Waals surface area contributed by atoms with E-state index in [9.17, 15) is 19.8 Å². The fourth-order valence-electron chi connectivity index (χ4n) is 2.62. The molecule has 0 heterocycles. The molecule has 4 heteroatoms. The van der Waals surface area contributed by atoms with Crippen LogP contribution in [0.25, 0.3) is 11.1 Å². The van der Waals surface area contributed by atoms with Crippen molar-refractivity contribution in [1.29, 1.82) is 0 Å². The third-order valence-electron chi connectivity index (χ3n) is 3.52. The summed E-state index contributed by atoms with van der Waals surface area (Å²) in [6.07, 6.45) is 0.535. The number of carboxylic acids is 2. The number of carboxylic acid groups (broad SMARTS) is 2. The number of aromatic carboxylic acids is 2. The molecule has 2 aromatic rings. The Morgan fingerprint density at radius 3 is 2.14 bits per heavy atom. The van der Waals surface area contributed by atoms with E-state index in [0.717, 1.165) is 0 Å². The number of carbonyl (C=O) groups is 2. The van der Waals surface area contributed by atoms with Gasteiger partial charge in [-0.2, -0.15) is 0 Å². The maximum absolute atomic E-state index is 11.7. The number of hydrogen-bond acceptors (Lipinski definition) is 2. The van der Waals surface area contributed by atoms with Gasteiger partial charge < -0.3 is 10.2 Å². The molecular weight excluding hydrogens is 268 g/mol. The van der Waals surface area contributed by atoms with Crippen LogP contribution in [0, 0.1) is 6.92 Å². The van der Waals surface area contributed by atoms with E-state index in [1.54, 1.807) is 43.3 Å². The summed E-state index contributed by atoms with van der Waals surface area (Å²) in [6, 6.07) is 10.3. The Balaban J connectivity index is 2.94. The van der Waals surface area contributed by atoms with Gasteiger partial charge in [-0.15, -0.1) is 0 Å². The standard InChI is InChI=1S/C17H16O4/c1-3-12-10(2)9-13(16(18)19)14(15(12)17(20)21)11-7-5-4-6-8-11/h4-9H,3H2,1-2H3,(H,18,19)(H,20,21). The second-order valence-electron chi connectivity index (χ2n) is 4.80. The van der Waals surface area contributed by atoms with E-state index >= 15 is 0 Å². The van der Waals surface area contributed by atoms with E-state index in [1.807, 2.05) is 6.92 Å². The lowest BCUT2D eigenvalue weighted by Gasteiger charge is -2.16. The highest BCUT2D eigenvalue weighted by atomic mass is 16.4. The van der Waals surface area contributed by atoms with Crippen molar-refractivity contribution in [2.24, 2.45) is 0 Å². The van der Waals surface area contributed by atoms with Crippen molar-refractivity contribution >= 4 is 11.9 Å². The molecule has 0 saturated carbocycles. The molecule has 108 valence electrons. The second kappa shape index (κ2) is 5.79. The van der Waals surface area contributed by atoms with Crippen molar-refractivity contribution in [3.05, 3.63) is 58.7 Å². The summed E-state index contributed by atoms with van der Waals surface area (Å²) in [5.41, 5.74) is 2.34. The SMILES string of the molecule is CCc1c(C)cc(C(=O)O)c(-c2ccccc2)c1C(=O)O. The van der Waals surface area contributed by atoms with Crippen molar-refractivity contribution < 1.29 is 19.8 Å². The lowest BCUT2D eigenvalue weighted by molar-refractivity contribution is 0.0695. The van der Waals surface area contributed by atoms with Gasteiger partial charge in [-0.1, -0.05) is 37.3 Å². The Morgan fingerprint density at radius 1 is 1.05 bits per heavy atom. The summed E-state index contributed by atoms with van der Waals surface area (Å²) in [5.74, 6) is -2.22. The van der Waals surface area contributed by atoms with Gasteiger partial charge in [0.25, 0.3) is 0 Å². The smallest absolute Gasteiger partial charge is 0.336 e. The largest absolute Gasteiger partial charge is 0.478 e. The van der Waals surface area contributed by atoms with E-state index in [1.165, 1.54) is 0 Å². The Morgan fingerprint density at radius 2 is 1.67 bits per heavy atom. The van der Waals surface area contributed by atoms with Crippen molar-refractivity contribution in [2.75, 3.05) is 0 Å². The van der Waals surface area contributed by atoms with Gasteiger partial charge in [-0.3, -0.25) is 0 Å². The molecule has 2 N–H and O–H groups in total. The highest BCUT2D eigenvalue weighted by Gasteiger charge is 2.24. The molecule has 2 aromatic carbocycles. The number of benzene rings is 2. The normalized spacial score (nSPS) is 10.4. The van der Waals surface area contributed by atoms with Gasteiger partial charge in [0.05, 0.1) is 11.1 Å². The molecule has 0 aliphatic rings. The van der Waals surface area contributed by atoms with Crippen LogP contribution in [0.5, 0.6) is 0 Å². The maximum atomic E-state index is 11.7. The van der Waals surface area contributed by atoms with Crippen LogP contribution in [0.4, 0.5) is 0 Å². The second-order valence-corrected chi connectivity index (χ2v) is 4.80. The molecule has 0 saturated heterocycles. The third-order valence-corrected chi connectivity index (χ3v) is 3.52. The van der Waals surface area contributed by atoms with Crippen LogP contribution in [0.15, 0.2) is 36.4 Å². The molecular formula is C17H16O4. The highest BCUT2D eigenvalue weighted by Crippen LogP contribution is 2.33. The fraction of sp³-hybridized carbons (Fsp3) is 0.176. The zero-order valence-corrected chi connectivity index (χ0v) is 11.9. The summed E-state index contributed by atoms with van der Waals surface area (Å²) < 4.78 is 0. The lowest BCUT2D eigenvalue weighted by Crippen LogP contribution is -2.12. The number of rotatable bonds is 4. The molecule has 0 fully saturated rings. The summed E-state index contributed by atoms with van der Waals surface area (Å²) >= 11 is 0. The summed E-state index contributed by atoms with van der Waals surface area (Å²) in [7, 11) is 0. The zero-order chi connectivity index (χ0) is 15.6. The van der Waals surface area contributed by atoms with E-state index in [0.29, 0.717) is 23.1 Å². The molecule has 0 atom stereocenters. The summed E-state index contributed by atoms with van der Waals surface area (Å²) in [4.78, 5) is 23.2. The van der Waals surface area contributed by atoms with Crippen molar-refractivity contribution in [3.8, 4) is 11.1 Å². The minimum Gasteiger partial charge on any atom is -0.478 e. The van der Waals surface area contributed by atoms with Crippen LogP contribution in [0.1, 0.15) is 38.8 Å². The minimum atomic E-state index is -1.12. The van der Waals surface area contributed by atoms with E-state index in [2.05, 4.69) is 0 Å². The van der Waals surface area contributed by atoms with Crippen LogP contribution in [-0.4, -0.2) is 22.2 Å². The van der Waals surface area contributed by atoms with Gasteiger partial charge in [-0.25, -0.2) is 9.59 Å². The van der Waals surface area contributed by atoms with Crippen molar-refractivity contribution in [1.82, 2.24) is 0 Å². The molecule has 0 aromatic heterocycles. The average molecular weight is 284 g/mol. The molecule has 0 bridgehead atoms. The quantitative estimate of drug-likeness (QED) is 0.899. The Kier molecular flexibility index (Phi) is 4.08. The predicted molar refractivity (Wildman–Crippen MR) is 79.9 cm³/mol. The first-order valence-corrected chi connectivity index (χ1v) is 6.65.